The van der Waals surface area contributed by atoms with Crippen molar-refractivity contribution in [3.05, 3.63) is 0 Å². The van der Waals surface area contributed by atoms with Crippen molar-refractivity contribution in [2.75, 3.05) is 26.4 Å². The molecule has 0 saturated heterocycles. The van der Waals surface area contributed by atoms with Crippen LogP contribution < -0.4 is 5.73 Å². The molecule has 0 radical (unpaired) electrons. The first-order valence-corrected chi connectivity index (χ1v) is 14.5. The molecule has 0 bridgehead atoms. The van der Waals surface area contributed by atoms with Gasteiger partial charge in [0.15, 0.2) is 6.10 Å². The van der Waals surface area contributed by atoms with Crippen molar-refractivity contribution in [1.82, 2.24) is 0 Å². The van der Waals surface area contributed by atoms with Crippen molar-refractivity contribution in [3.63, 3.8) is 0 Å². The molecule has 0 heterocycles. The lowest BCUT2D eigenvalue weighted by Gasteiger charge is -2.19. The molecule has 3 N–H and O–H groups in total. The minimum absolute atomic E-state index is 0.0561. The maximum Gasteiger partial charge on any atom is 0.472 e. The second-order valence-corrected chi connectivity index (χ2v) is 10.0. The van der Waals surface area contributed by atoms with Crippen molar-refractivity contribution in [2.45, 2.75) is 116 Å². The standard InChI is InChI=1S/C24H48NO8P/c1-3-5-7-8-9-10-11-12-13-15-17-24(27)33-22(20-30-23(26)16-14-6-4-2)21-32-34(28,29)31-19-18-25/h22H,3-21,25H2,1-2H3,(H,28,29). The van der Waals surface area contributed by atoms with Crippen LogP contribution in [0.1, 0.15) is 110 Å². The van der Waals surface area contributed by atoms with Crippen molar-refractivity contribution in [3.8, 4) is 0 Å². The molecule has 0 aliphatic carbocycles. The Hall–Kier alpha value is -0.990. The van der Waals surface area contributed by atoms with Crippen LogP contribution in [0.15, 0.2) is 0 Å². The molecule has 34 heavy (non-hydrogen) atoms. The summed E-state index contributed by atoms with van der Waals surface area (Å²) in [7, 11) is -4.33. The zero-order chi connectivity index (χ0) is 25.5. The van der Waals surface area contributed by atoms with Crippen LogP contribution in [0.25, 0.3) is 0 Å². The topological polar surface area (TPSA) is 134 Å². The molecule has 9 nitrogen and oxygen atoms in total. The second-order valence-electron chi connectivity index (χ2n) is 8.57. The molecule has 202 valence electrons. The second kappa shape index (κ2) is 22.5. The summed E-state index contributed by atoms with van der Waals surface area (Å²) in [6.45, 7) is 3.48. The third-order valence-corrected chi connectivity index (χ3v) is 6.23. The first kappa shape index (κ1) is 33.0. The smallest absolute Gasteiger partial charge is 0.462 e. The quantitative estimate of drug-likeness (QED) is 0.0992. The van der Waals surface area contributed by atoms with Crippen LogP contribution in [-0.4, -0.2) is 49.3 Å². The molecule has 2 atom stereocenters. The molecule has 0 aromatic carbocycles. The summed E-state index contributed by atoms with van der Waals surface area (Å²) in [5.74, 6) is -0.860. The minimum Gasteiger partial charge on any atom is -0.462 e. The number of phosphoric acid groups is 1. The predicted molar refractivity (Wildman–Crippen MR) is 132 cm³/mol. The van der Waals surface area contributed by atoms with Gasteiger partial charge in [-0.3, -0.25) is 18.6 Å². The predicted octanol–water partition coefficient (Wildman–Crippen LogP) is 5.43. The molecule has 0 saturated carbocycles. The van der Waals surface area contributed by atoms with E-state index < -0.39 is 32.5 Å². The summed E-state index contributed by atoms with van der Waals surface area (Å²) in [5, 5.41) is 0. The molecule has 0 aliphatic heterocycles. The van der Waals surface area contributed by atoms with E-state index >= 15 is 0 Å². The van der Waals surface area contributed by atoms with E-state index in [1.807, 2.05) is 6.92 Å². The zero-order valence-corrected chi connectivity index (χ0v) is 22.2. The molecule has 0 fully saturated rings. The van der Waals surface area contributed by atoms with Gasteiger partial charge in [-0.05, 0) is 12.8 Å². The number of esters is 2. The zero-order valence-electron chi connectivity index (χ0n) is 21.3. The van der Waals surface area contributed by atoms with Crippen molar-refractivity contribution in [1.29, 1.82) is 0 Å². The maximum absolute atomic E-state index is 12.2. The van der Waals surface area contributed by atoms with E-state index in [1.165, 1.54) is 44.9 Å². The van der Waals surface area contributed by atoms with Gasteiger partial charge in [0.2, 0.25) is 0 Å². The summed E-state index contributed by atoms with van der Waals surface area (Å²) < 4.78 is 32.0. The van der Waals surface area contributed by atoms with Gasteiger partial charge in [0.05, 0.1) is 13.2 Å². The fraction of sp³-hybridized carbons (Fsp3) is 0.917. The lowest BCUT2D eigenvalue weighted by molar-refractivity contribution is -0.161. The molecule has 0 amide bonds. The van der Waals surface area contributed by atoms with E-state index in [1.54, 1.807) is 0 Å². The SMILES string of the molecule is CCCCCCCCCCCCC(=O)OC(COC(=O)CCCCC)COP(=O)(O)OCCN. The average Bonchev–Trinajstić information content (AvgIpc) is 2.81. The van der Waals surface area contributed by atoms with E-state index in [4.69, 9.17) is 19.7 Å². The van der Waals surface area contributed by atoms with Crippen molar-refractivity contribution < 1.29 is 37.6 Å². The number of unbranched alkanes of at least 4 members (excludes halogenated alkanes) is 11. The highest BCUT2D eigenvalue weighted by Gasteiger charge is 2.25. The number of ether oxygens (including phenoxy) is 2. The fourth-order valence-corrected chi connectivity index (χ4v) is 4.04. The van der Waals surface area contributed by atoms with Gasteiger partial charge in [-0.1, -0.05) is 84.5 Å². The van der Waals surface area contributed by atoms with Crippen LogP contribution in [0.2, 0.25) is 0 Å². The van der Waals surface area contributed by atoms with Crippen LogP contribution in [-0.2, 0) is 32.7 Å². The number of carbonyl (C=O) groups is 2. The fourth-order valence-electron chi connectivity index (χ4n) is 3.28. The van der Waals surface area contributed by atoms with Gasteiger partial charge in [-0.2, -0.15) is 0 Å². The first-order valence-electron chi connectivity index (χ1n) is 13.0. The Kier molecular flexibility index (Phi) is 21.8. The Balaban J connectivity index is 4.32. The first-order chi connectivity index (χ1) is 16.3. The molecule has 0 aliphatic rings. The van der Waals surface area contributed by atoms with E-state index in [0.29, 0.717) is 12.8 Å². The Morgan fingerprint density at radius 3 is 1.85 bits per heavy atom. The van der Waals surface area contributed by atoms with Gasteiger partial charge in [0, 0.05) is 19.4 Å². The molecule has 0 aromatic heterocycles. The number of phosphoric ester groups is 1. The number of nitrogens with two attached hydrogens (primary N) is 1. The third-order valence-electron chi connectivity index (χ3n) is 5.24. The molecule has 0 spiro atoms. The Bertz CT molecular complexity index is 561. The number of hydrogen-bond acceptors (Lipinski definition) is 8. The summed E-state index contributed by atoms with van der Waals surface area (Å²) in [5.41, 5.74) is 5.26. The third kappa shape index (κ3) is 21.5. The molecule has 0 rings (SSSR count). The average molecular weight is 510 g/mol. The van der Waals surface area contributed by atoms with Gasteiger partial charge in [0.1, 0.15) is 6.61 Å². The van der Waals surface area contributed by atoms with Gasteiger partial charge in [0.25, 0.3) is 0 Å². The summed E-state index contributed by atoms with van der Waals surface area (Å²) >= 11 is 0. The van der Waals surface area contributed by atoms with E-state index in [0.717, 1.165) is 25.7 Å². The highest BCUT2D eigenvalue weighted by atomic mass is 31.2. The van der Waals surface area contributed by atoms with Crippen molar-refractivity contribution in [2.24, 2.45) is 5.73 Å². The van der Waals surface area contributed by atoms with Crippen LogP contribution in [0.3, 0.4) is 0 Å². The van der Waals surface area contributed by atoms with E-state index in [9.17, 15) is 19.0 Å². The minimum atomic E-state index is -4.33. The number of carbonyl (C=O) groups excluding carboxylic acids is 2. The summed E-state index contributed by atoms with van der Waals surface area (Å²) in [4.78, 5) is 33.8. The monoisotopic (exact) mass is 509 g/mol. The van der Waals surface area contributed by atoms with Crippen molar-refractivity contribution >= 4 is 19.8 Å². The van der Waals surface area contributed by atoms with Gasteiger partial charge < -0.3 is 20.1 Å². The largest absolute Gasteiger partial charge is 0.472 e. The highest BCUT2D eigenvalue weighted by Crippen LogP contribution is 2.43. The van der Waals surface area contributed by atoms with Gasteiger partial charge in [-0.15, -0.1) is 0 Å². The molecule has 0 aromatic rings. The normalized spacial score (nSPS) is 13.9. The summed E-state index contributed by atoms with van der Waals surface area (Å²) in [6.07, 6.45) is 13.7. The Labute approximate surface area is 206 Å². The molecule has 10 heteroatoms. The van der Waals surface area contributed by atoms with Gasteiger partial charge >= 0.3 is 19.8 Å². The van der Waals surface area contributed by atoms with Crippen LogP contribution >= 0.6 is 7.82 Å². The molecule has 2 unspecified atom stereocenters. The Morgan fingerprint density at radius 2 is 1.26 bits per heavy atom. The van der Waals surface area contributed by atoms with E-state index in [-0.39, 0.29) is 32.6 Å². The lowest BCUT2D eigenvalue weighted by Crippen LogP contribution is -2.29. The van der Waals surface area contributed by atoms with Crippen LogP contribution in [0.5, 0.6) is 0 Å². The maximum atomic E-state index is 12.2. The lowest BCUT2D eigenvalue weighted by atomic mass is 10.1. The van der Waals surface area contributed by atoms with E-state index in [2.05, 4.69) is 11.4 Å². The summed E-state index contributed by atoms with van der Waals surface area (Å²) in [6, 6.07) is 0. The number of rotatable bonds is 24. The van der Waals surface area contributed by atoms with Crippen LogP contribution in [0, 0.1) is 0 Å². The Morgan fingerprint density at radius 1 is 0.765 bits per heavy atom. The van der Waals surface area contributed by atoms with Crippen LogP contribution in [0.4, 0.5) is 0 Å². The number of hydrogen-bond donors (Lipinski definition) is 2. The van der Waals surface area contributed by atoms with Gasteiger partial charge in [-0.25, -0.2) is 4.57 Å². The highest BCUT2D eigenvalue weighted by molar-refractivity contribution is 7.47. The molecular formula is C24H48NO8P. The molecular weight excluding hydrogens is 461 g/mol.